The Kier molecular flexibility index (Phi) is 11.1. The van der Waals surface area contributed by atoms with E-state index in [1.54, 1.807) is 0 Å². The van der Waals surface area contributed by atoms with Crippen molar-refractivity contribution in [1.82, 2.24) is 0 Å². The number of unbranched alkanes of at least 4 members (excludes halogenated alkanes) is 2. The molecule has 1 aromatic rings. The number of hydrogen-bond donors (Lipinski definition) is 2. The van der Waals surface area contributed by atoms with Gasteiger partial charge in [0.25, 0.3) is 0 Å². The summed E-state index contributed by atoms with van der Waals surface area (Å²) in [6.45, 7) is 5.35. The second kappa shape index (κ2) is 14.0. The Hall–Kier alpha value is -1.65. The largest absolute Gasteiger partial charge is 0.462 e. The highest BCUT2D eigenvalue weighted by Crippen LogP contribution is 2.44. The Morgan fingerprint density at radius 1 is 0.971 bits per heavy atom. The number of benzene rings is 1. The molecule has 1 unspecified atom stereocenters. The topological polar surface area (TPSA) is 66.8 Å². The molecular weight excluding hydrogens is 424 g/mol. The van der Waals surface area contributed by atoms with Crippen LogP contribution in [0.2, 0.25) is 0 Å². The zero-order chi connectivity index (χ0) is 24.3. The zero-order valence-corrected chi connectivity index (χ0v) is 21.2. The summed E-state index contributed by atoms with van der Waals surface area (Å²) in [4.78, 5) is 11.7. The third-order valence-corrected chi connectivity index (χ3v) is 8.54. The highest BCUT2D eigenvalue weighted by atomic mass is 16.5. The van der Waals surface area contributed by atoms with Crippen LogP contribution in [-0.2, 0) is 9.53 Å². The standard InChI is InChI=1S/C30H46O4/c1-3-4-5-6-23-7-9-24(10-8-23)25-11-13-26(14-12-25)27-15-17-28(18-16-27)29(20-32)21-34-30(33)22(2)19-31/h15-18,23-26,29,31-32H,2-14,19-21H2,1H3. The molecule has 190 valence electrons. The van der Waals surface area contributed by atoms with Crippen LogP contribution in [0.3, 0.4) is 0 Å². The molecule has 1 aromatic carbocycles. The second-order valence-corrected chi connectivity index (χ2v) is 10.8. The maximum atomic E-state index is 11.7. The van der Waals surface area contributed by atoms with Crippen LogP contribution in [0.1, 0.15) is 107 Å². The predicted octanol–water partition coefficient (Wildman–Crippen LogP) is 6.51. The highest BCUT2D eigenvalue weighted by molar-refractivity contribution is 5.87. The third-order valence-electron chi connectivity index (χ3n) is 8.54. The van der Waals surface area contributed by atoms with E-state index in [9.17, 15) is 9.90 Å². The van der Waals surface area contributed by atoms with Crippen LogP contribution in [-0.4, -0.2) is 36.0 Å². The molecule has 2 aliphatic rings. The minimum Gasteiger partial charge on any atom is -0.462 e. The fourth-order valence-corrected chi connectivity index (χ4v) is 6.19. The molecule has 0 saturated heterocycles. The number of aliphatic hydroxyl groups excluding tert-OH is 2. The number of carbonyl (C=O) groups is 1. The van der Waals surface area contributed by atoms with Gasteiger partial charge in [0.2, 0.25) is 0 Å². The van der Waals surface area contributed by atoms with Gasteiger partial charge in [-0.1, -0.05) is 76.3 Å². The molecule has 0 spiro atoms. The van der Waals surface area contributed by atoms with E-state index in [0.29, 0.717) is 5.92 Å². The van der Waals surface area contributed by atoms with Crippen molar-refractivity contribution in [3.8, 4) is 0 Å². The number of rotatable bonds is 12. The number of aliphatic hydroxyl groups is 2. The first kappa shape index (κ1) is 26.9. The fourth-order valence-electron chi connectivity index (χ4n) is 6.19. The monoisotopic (exact) mass is 470 g/mol. The minimum absolute atomic E-state index is 0.0302. The lowest BCUT2D eigenvalue weighted by Crippen LogP contribution is -2.25. The van der Waals surface area contributed by atoms with Crippen molar-refractivity contribution in [2.75, 3.05) is 19.8 Å². The van der Waals surface area contributed by atoms with Crippen molar-refractivity contribution >= 4 is 5.97 Å². The van der Waals surface area contributed by atoms with Crippen molar-refractivity contribution in [1.29, 1.82) is 0 Å². The number of carbonyl (C=O) groups excluding carboxylic acids is 1. The van der Waals surface area contributed by atoms with E-state index in [0.717, 1.165) is 23.3 Å². The van der Waals surface area contributed by atoms with E-state index >= 15 is 0 Å². The molecule has 2 N–H and O–H groups in total. The molecule has 2 aliphatic carbocycles. The highest BCUT2D eigenvalue weighted by Gasteiger charge is 2.31. The normalized spacial score (nSPS) is 26.1. The van der Waals surface area contributed by atoms with E-state index in [4.69, 9.17) is 9.84 Å². The summed E-state index contributed by atoms with van der Waals surface area (Å²) in [5.74, 6) is 2.64. The molecule has 0 heterocycles. The maximum Gasteiger partial charge on any atom is 0.335 e. The summed E-state index contributed by atoms with van der Waals surface area (Å²) in [6, 6.07) is 8.52. The number of ether oxygens (including phenoxy) is 1. The summed E-state index contributed by atoms with van der Waals surface area (Å²) in [5, 5.41) is 18.8. The van der Waals surface area contributed by atoms with E-state index in [2.05, 4.69) is 37.8 Å². The average molecular weight is 471 g/mol. The zero-order valence-electron chi connectivity index (χ0n) is 21.2. The lowest BCUT2D eigenvalue weighted by Gasteiger charge is -2.38. The first-order valence-corrected chi connectivity index (χ1v) is 13.7. The molecule has 0 bridgehead atoms. The van der Waals surface area contributed by atoms with Crippen molar-refractivity contribution in [2.45, 2.75) is 95.8 Å². The van der Waals surface area contributed by atoms with Crippen LogP contribution < -0.4 is 0 Å². The molecule has 0 radical (unpaired) electrons. The quantitative estimate of drug-likeness (QED) is 0.207. The summed E-state index contributed by atoms with van der Waals surface area (Å²) in [7, 11) is 0. The van der Waals surface area contributed by atoms with Crippen molar-refractivity contribution in [3.63, 3.8) is 0 Å². The molecule has 34 heavy (non-hydrogen) atoms. The van der Waals surface area contributed by atoms with E-state index < -0.39 is 12.6 Å². The first-order chi connectivity index (χ1) is 16.5. The number of hydrogen-bond acceptors (Lipinski definition) is 4. The SMILES string of the molecule is C=C(CO)C(=O)OCC(CO)c1ccc(C2CCC(C3CCC(CCCCC)CC3)CC2)cc1. The van der Waals surface area contributed by atoms with Gasteiger partial charge >= 0.3 is 5.97 Å². The van der Waals surface area contributed by atoms with Gasteiger partial charge in [0.15, 0.2) is 0 Å². The van der Waals surface area contributed by atoms with Crippen LogP contribution >= 0.6 is 0 Å². The predicted molar refractivity (Wildman–Crippen MR) is 138 cm³/mol. The molecule has 4 heteroatoms. The van der Waals surface area contributed by atoms with Gasteiger partial charge < -0.3 is 14.9 Å². The van der Waals surface area contributed by atoms with Crippen molar-refractivity contribution < 1.29 is 19.7 Å². The molecule has 2 fully saturated rings. The van der Waals surface area contributed by atoms with Gasteiger partial charge in [0, 0.05) is 5.92 Å². The van der Waals surface area contributed by atoms with Gasteiger partial charge in [-0.05, 0) is 73.3 Å². The summed E-state index contributed by atoms with van der Waals surface area (Å²) in [5.41, 5.74) is 2.39. The lowest BCUT2D eigenvalue weighted by atomic mass is 9.68. The van der Waals surface area contributed by atoms with Crippen LogP contribution in [0.4, 0.5) is 0 Å². The fraction of sp³-hybridized carbons (Fsp3) is 0.700. The molecule has 0 aromatic heterocycles. The smallest absolute Gasteiger partial charge is 0.335 e. The van der Waals surface area contributed by atoms with Gasteiger partial charge in [0.05, 0.1) is 18.8 Å². The van der Waals surface area contributed by atoms with Gasteiger partial charge in [-0.3, -0.25) is 0 Å². The first-order valence-electron chi connectivity index (χ1n) is 13.7. The average Bonchev–Trinajstić information content (AvgIpc) is 2.89. The molecule has 4 nitrogen and oxygen atoms in total. The Morgan fingerprint density at radius 2 is 1.59 bits per heavy atom. The lowest BCUT2D eigenvalue weighted by molar-refractivity contribution is -0.140. The maximum absolute atomic E-state index is 11.7. The van der Waals surface area contributed by atoms with Gasteiger partial charge in [-0.25, -0.2) is 4.79 Å². The minimum atomic E-state index is -0.612. The molecule has 1 atom stereocenters. The van der Waals surface area contributed by atoms with Crippen LogP contribution in [0.25, 0.3) is 0 Å². The third kappa shape index (κ3) is 7.68. The Labute approximate surface area is 206 Å². The van der Waals surface area contributed by atoms with E-state index in [1.165, 1.54) is 82.6 Å². The molecule has 0 aliphatic heterocycles. The second-order valence-electron chi connectivity index (χ2n) is 10.8. The molecule has 0 amide bonds. The van der Waals surface area contributed by atoms with Gasteiger partial charge in [-0.15, -0.1) is 0 Å². The molecule has 3 rings (SSSR count). The van der Waals surface area contributed by atoms with E-state index in [-0.39, 0.29) is 24.7 Å². The van der Waals surface area contributed by atoms with Crippen LogP contribution in [0.15, 0.2) is 36.4 Å². The van der Waals surface area contributed by atoms with Gasteiger partial charge in [0.1, 0.15) is 6.61 Å². The molecular formula is C30H46O4. The summed E-state index contributed by atoms with van der Waals surface area (Å²) >= 11 is 0. The van der Waals surface area contributed by atoms with Crippen molar-refractivity contribution in [2.24, 2.45) is 17.8 Å². The summed E-state index contributed by atoms with van der Waals surface area (Å²) < 4.78 is 5.19. The van der Waals surface area contributed by atoms with Crippen LogP contribution in [0.5, 0.6) is 0 Å². The Morgan fingerprint density at radius 3 is 2.15 bits per heavy atom. The Balaban J connectivity index is 1.43. The number of esters is 1. The Bertz CT molecular complexity index is 740. The van der Waals surface area contributed by atoms with E-state index in [1.807, 2.05) is 0 Å². The van der Waals surface area contributed by atoms with Crippen molar-refractivity contribution in [3.05, 3.63) is 47.5 Å². The summed E-state index contributed by atoms with van der Waals surface area (Å²) in [6.07, 6.45) is 16.8. The van der Waals surface area contributed by atoms with Gasteiger partial charge in [-0.2, -0.15) is 0 Å². The molecule has 2 saturated carbocycles. The van der Waals surface area contributed by atoms with Crippen LogP contribution in [0, 0.1) is 17.8 Å².